The minimum atomic E-state index is -0.209. The SMILES string of the molecule is O=C1c2ccccc2C(=O)N1CCCn1cnc(-c2ccccc2)c1-c1ccccc1. The second-order valence-corrected chi connectivity index (χ2v) is 7.53. The summed E-state index contributed by atoms with van der Waals surface area (Å²) in [6.45, 7) is 1.02. The Morgan fingerprint density at radius 3 is 1.81 bits per heavy atom. The van der Waals surface area contributed by atoms with E-state index in [4.69, 9.17) is 4.98 Å². The molecule has 5 rings (SSSR count). The summed E-state index contributed by atoms with van der Waals surface area (Å²) in [4.78, 5) is 31.3. The first-order chi connectivity index (χ1) is 15.2. The largest absolute Gasteiger partial charge is 0.330 e. The van der Waals surface area contributed by atoms with Crippen LogP contribution in [-0.2, 0) is 6.54 Å². The van der Waals surface area contributed by atoms with E-state index in [1.54, 1.807) is 24.3 Å². The summed E-state index contributed by atoms with van der Waals surface area (Å²) in [7, 11) is 0. The Hall–Kier alpha value is -3.99. The van der Waals surface area contributed by atoms with Crippen molar-refractivity contribution in [1.82, 2.24) is 14.5 Å². The summed E-state index contributed by atoms with van der Waals surface area (Å²) >= 11 is 0. The molecule has 0 bridgehead atoms. The van der Waals surface area contributed by atoms with E-state index in [2.05, 4.69) is 28.8 Å². The van der Waals surface area contributed by atoms with E-state index in [1.807, 2.05) is 42.7 Å². The lowest BCUT2D eigenvalue weighted by Crippen LogP contribution is -2.31. The normalized spacial score (nSPS) is 13.0. The van der Waals surface area contributed by atoms with Gasteiger partial charge in [-0.25, -0.2) is 4.98 Å². The number of carbonyl (C=O) groups excluding carboxylic acids is 2. The van der Waals surface area contributed by atoms with Crippen LogP contribution >= 0.6 is 0 Å². The van der Waals surface area contributed by atoms with Crippen LogP contribution in [0.2, 0.25) is 0 Å². The van der Waals surface area contributed by atoms with Crippen molar-refractivity contribution < 1.29 is 9.59 Å². The van der Waals surface area contributed by atoms with E-state index >= 15 is 0 Å². The summed E-state index contributed by atoms with van der Waals surface area (Å²) in [5.41, 5.74) is 5.08. The Bertz CT molecular complexity index is 1210. The van der Waals surface area contributed by atoms with Gasteiger partial charge in [0.05, 0.1) is 28.8 Å². The second-order valence-electron chi connectivity index (χ2n) is 7.53. The van der Waals surface area contributed by atoms with E-state index in [0.29, 0.717) is 30.6 Å². The lowest BCUT2D eigenvalue weighted by molar-refractivity contribution is 0.0651. The van der Waals surface area contributed by atoms with Crippen LogP contribution in [0, 0.1) is 0 Å². The number of nitrogens with zero attached hydrogens (tertiary/aromatic N) is 3. The molecule has 0 fully saturated rings. The molecular formula is C26H21N3O2. The Morgan fingerprint density at radius 1 is 0.645 bits per heavy atom. The quantitative estimate of drug-likeness (QED) is 0.427. The summed E-state index contributed by atoms with van der Waals surface area (Å²) in [5, 5.41) is 0. The van der Waals surface area contributed by atoms with Gasteiger partial charge in [0.25, 0.3) is 11.8 Å². The Balaban J connectivity index is 1.39. The highest BCUT2D eigenvalue weighted by Crippen LogP contribution is 2.31. The first-order valence-corrected chi connectivity index (χ1v) is 10.4. The fourth-order valence-electron chi connectivity index (χ4n) is 4.10. The fourth-order valence-corrected chi connectivity index (χ4v) is 4.10. The summed E-state index contributed by atoms with van der Waals surface area (Å²) < 4.78 is 2.11. The second kappa shape index (κ2) is 8.03. The molecule has 5 nitrogen and oxygen atoms in total. The average Bonchev–Trinajstić information content (AvgIpc) is 3.35. The lowest BCUT2D eigenvalue weighted by atomic mass is 10.0. The maximum Gasteiger partial charge on any atom is 0.261 e. The fraction of sp³-hybridized carbons (Fsp3) is 0.115. The number of benzene rings is 3. The van der Waals surface area contributed by atoms with Gasteiger partial charge in [-0.2, -0.15) is 0 Å². The summed E-state index contributed by atoms with van der Waals surface area (Å²) in [6.07, 6.45) is 2.49. The van der Waals surface area contributed by atoms with Gasteiger partial charge < -0.3 is 4.57 Å². The van der Waals surface area contributed by atoms with E-state index in [1.165, 1.54) is 4.90 Å². The highest BCUT2D eigenvalue weighted by molar-refractivity contribution is 6.21. The highest BCUT2D eigenvalue weighted by atomic mass is 16.2. The zero-order chi connectivity index (χ0) is 21.2. The molecule has 4 aromatic rings. The third-order valence-corrected chi connectivity index (χ3v) is 5.59. The summed E-state index contributed by atoms with van der Waals surface area (Å²) in [6, 6.07) is 27.3. The number of imidazole rings is 1. The number of rotatable bonds is 6. The van der Waals surface area contributed by atoms with Crippen molar-refractivity contribution in [2.24, 2.45) is 0 Å². The number of fused-ring (bicyclic) bond motifs is 1. The van der Waals surface area contributed by atoms with Gasteiger partial charge in [0, 0.05) is 24.2 Å². The van der Waals surface area contributed by atoms with Crippen molar-refractivity contribution in [2.75, 3.05) is 6.54 Å². The number of hydrogen-bond acceptors (Lipinski definition) is 3. The number of carbonyl (C=O) groups is 2. The number of amides is 2. The van der Waals surface area contributed by atoms with Crippen molar-refractivity contribution in [1.29, 1.82) is 0 Å². The molecule has 1 aliphatic rings. The van der Waals surface area contributed by atoms with Crippen molar-refractivity contribution in [3.63, 3.8) is 0 Å². The van der Waals surface area contributed by atoms with E-state index < -0.39 is 0 Å². The molecule has 0 saturated carbocycles. The van der Waals surface area contributed by atoms with Gasteiger partial charge in [0.15, 0.2) is 0 Å². The van der Waals surface area contributed by atoms with Gasteiger partial charge >= 0.3 is 0 Å². The van der Waals surface area contributed by atoms with Crippen LogP contribution in [0.5, 0.6) is 0 Å². The Labute approximate surface area is 180 Å². The molecule has 0 N–H and O–H groups in total. The molecule has 0 atom stereocenters. The van der Waals surface area contributed by atoms with Crippen LogP contribution in [0.1, 0.15) is 27.1 Å². The molecule has 2 amide bonds. The first-order valence-electron chi connectivity index (χ1n) is 10.4. The van der Waals surface area contributed by atoms with Crippen LogP contribution < -0.4 is 0 Å². The van der Waals surface area contributed by atoms with Gasteiger partial charge in [-0.15, -0.1) is 0 Å². The summed E-state index contributed by atoms with van der Waals surface area (Å²) in [5.74, 6) is -0.418. The maximum atomic E-state index is 12.6. The van der Waals surface area contributed by atoms with E-state index in [-0.39, 0.29) is 11.8 Å². The van der Waals surface area contributed by atoms with E-state index in [0.717, 1.165) is 22.5 Å². The number of aromatic nitrogens is 2. The maximum absolute atomic E-state index is 12.6. The zero-order valence-corrected chi connectivity index (χ0v) is 16.9. The molecule has 1 aromatic heterocycles. The van der Waals surface area contributed by atoms with Gasteiger partial charge in [0.1, 0.15) is 0 Å². The van der Waals surface area contributed by atoms with Crippen LogP contribution in [-0.4, -0.2) is 32.8 Å². The molecule has 5 heteroatoms. The first kappa shape index (κ1) is 19.0. The van der Waals surface area contributed by atoms with Gasteiger partial charge in [0.2, 0.25) is 0 Å². The van der Waals surface area contributed by atoms with Crippen LogP contribution in [0.3, 0.4) is 0 Å². The van der Waals surface area contributed by atoms with E-state index in [9.17, 15) is 9.59 Å². The molecule has 152 valence electrons. The molecule has 0 unspecified atom stereocenters. The molecular weight excluding hydrogens is 386 g/mol. The minimum Gasteiger partial charge on any atom is -0.330 e. The predicted octanol–water partition coefficient (Wildman–Crippen LogP) is 4.90. The topological polar surface area (TPSA) is 55.2 Å². The molecule has 0 saturated heterocycles. The average molecular weight is 407 g/mol. The molecule has 2 heterocycles. The molecule has 0 aliphatic carbocycles. The molecule has 1 aliphatic heterocycles. The van der Waals surface area contributed by atoms with Crippen LogP contribution in [0.25, 0.3) is 22.5 Å². The Kier molecular flexibility index (Phi) is 4.92. The third-order valence-electron chi connectivity index (χ3n) is 5.59. The highest BCUT2D eigenvalue weighted by Gasteiger charge is 2.34. The van der Waals surface area contributed by atoms with Crippen molar-refractivity contribution in [3.05, 3.63) is 102 Å². The molecule has 31 heavy (non-hydrogen) atoms. The van der Waals surface area contributed by atoms with Crippen molar-refractivity contribution in [2.45, 2.75) is 13.0 Å². The Morgan fingerprint density at radius 2 is 1.19 bits per heavy atom. The van der Waals surface area contributed by atoms with Crippen molar-refractivity contribution in [3.8, 4) is 22.5 Å². The van der Waals surface area contributed by atoms with Crippen LogP contribution in [0.4, 0.5) is 0 Å². The van der Waals surface area contributed by atoms with Gasteiger partial charge in [-0.1, -0.05) is 72.8 Å². The molecule has 3 aromatic carbocycles. The third kappa shape index (κ3) is 3.44. The monoisotopic (exact) mass is 407 g/mol. The van der Waals surface area contributed by atoms with Crippen molar-refractivity contribution >= 4 is 11.8 Å². The minimum absolute atomic E-state index is 0.209. The molecule has 0 spiro atoms. The van der Waals surface area contributed by atoms with Gasteiger partial charge in [-0.3, -0.25) is 14.5 Å². The number of hydrogen-bond donors (Lipinski definition) is 0. The van der Waals surface area contributed by atoms with Gasteiger partial charge in [-0.05, 0) is 18.6 Å². The zero-order valence-electron chi connectivity index (χ0n) is 16.9. The standard InChI is InChI=1S/C26H21N3O2/c30-25-21-14-7-8-15-22(21)26(31)29(25)17-9-16-28-18-27-23(19-10-3-1-4-11-19)24(28)20-12-5-2-6-13-20/h1-8,10-15,18H,9,16-17H2. The van der Waals surface area contributed by atoms with Crippen LogP contribution in [0.15, 0.2) is 91.3 Å². The molecule has 0 radical (unpaired) electrons. The number of aryl methyl sites for hydroxylation is 1. The lowest BCUT2D eigenvalue weighted by Gasteiger charge is -2.15. The number of imide groups is 1. The smallest absolute Gasteiger partial charge is 0.261 e. The predicted molar refractivity (Wildman–Crippen MR) is 120 cm³/mol.